The van der Waals surface area contributed by atoms with Crippen LogP contribution in [0.2, 0.25) is 0 Å². The molecular weight excluding hydrogens is 386 g/mol. The quantitative estimate of drug-likeness (QED) is 0.432. The molecule has 0 N–H and O–H groups in total. The van der Waals surface area contributed by atoms with E-state index >= 15 is 4.39 Å². The first-order valence-electron chi connectivity index (χ1n) is 8.76. The summed E-state index contributed by atoms with van der Waals surface area (Å²) >= 11 is 3.45. The zero-order chi connectivity index (χ0) is 18.7. The van der Waals surface area contributed by atoms with Gasteiger partial charge < -0.3 is 14.0 Å². The fraction of sp³-hybridized carbons (Fsp3) is 0.579. The summed E-state index contributed by atoms with van der Waals surface area (Å²) in [6.45, 7) is 10.9. The molecule has 138 valence electrons. The van der Waals surface area contributed by atoms with Crippen molar-refractivity contribution in [2.24, 2.45) is 0 Å². The Hall–Kier alpha value is -0.685. The number of hydrogen-bond donors (Lipinski definition) is 0. The van der Waals surface area contributed by atoms with Crippen LogP contribution in [0.5, 0.6) is 0 Å². The molecule has 6 heteroatoms. The monoisotopic (exact) mass is 412 g/mol. The molecule has 0 amide bonds. The Morgan fingerprint density at radius 2 is 1.80 bits per heavy atom. The summed E-state index contributed by atoms with van der Waals surface area (Å²) in [7, 11) is -0.995. The second kappa shape index (κ2) is 8.34. The molecule has 2 rings (SSSR count). The van der Waals surface area contributed by atoms with Gasteiger partial charge in [0, 0.05) is 11.1 Å². The summed E-state index contributed by atoms with van der Waals surface area (Å²) in [5.41, 5.74) is -0.152. The van der Waals surface area contributed by atoms with Gasteiger partial charge in [-0.05, 0) is 63.8 Å². The zero-order valence-corrected chi connectivity index (χ0v) is 17.3. The molecule has 1 aromatic carbocycles. The van der Waals surface area contributed by atoms with E-state index in [-0.39, 0.29) is 5.73 Å². The van der Waals surface area contributed by atoms with Crippen LogP contribution in [0.25, 0.3) is 5.57 Å². The minimum Gasteiger partial charge on any atom is -0.398 e. The fourth-order valence-electron chi connectivity index (χ4n) is 2.59. The van der Waals surface area contributed by atoms with Crippen LogP contribution in [-0.4, -0.2) is 31.5 Å². The first-order chi connectivity index (χ1) is 11.7. The maximum absolute atomic E-state index is 15.3. The number of halogens is 2. The van der Waals surface area contributed by atoms with E-state index in [9.17, 15) is 0 Å². The van der Waals surface area contributed by atoms with E-state index in [1.807, 2.05) is 52.0 Å². The van der Waals surface area contributed by atoms with Gasteiger partial charge in [-0.15, -0.1) is 0 Å². The molecule has 3 nitrogen and oxygen atoms in total. The zero-order valence-electron chi connectivity index (χ0n) is 15.7. The highest BCUT2D eigenvalue weighted by atomic mass is 79.9. The van der Waals surface area contributed by atoms with E-state index in [2.05, 4.69) is 22.9 Å². The smallest absolute Gasteiger partial charge is 0.398 e. The van der Waals surface area contributed by atoms with E-state index in [0.29, 0.717) is 25.2 Å². The topological polar surface area (TPSA) is 27.7 Å². The van der Waals surface area contributed by atoms with Gasteiger partial charge in [0.2, 0.25) is 0 Å². The molecule has 1 saturated heterocycles. The summed E-state index contributed by atoms with van der Waals surface area (Å²) < 4.78 is 33.6. The predicted octanol–water partition coefficient (Wildman–Crippen LogP) is 5.58. The van der Waals surface area contributed by atoms with Gasteiger partial charge in [0.1, 0.15) is 5.73 Å². The van der Waals surface area contributed by atoms with Crippen molar-refractivity contribution in [2.75, 3.05) is 13.2 Å². The van der Waals surface area contributed by atoms with Gasteiger partial charge in [-0.25, -0.2) is 4.39 Å². The van der Waals surface area contributed by atoms with Crippen LogP contribution in [0.1, 0.15) is 53.0 Å². The normalized spacial score (nSPS) is 19.9. The molecule has 0 bridgehead atoms. The molecule has 0 saturated carbocycles. The van der Waals surface area contributed by atoms with Crippen molar-refractivity contribution in [2.45, 2.75) is 58.7 Å². The van der Waals surface area contributed by atoms with Crippen molar-refractivity contribution in [3.05, 3.63) is 40.0 Å². The Bertz CT molecular complexity index is 615. The van der Waals surface area contributed by atoms with Crippen molar-refractivity contribution >= 4 is 28.6 Å². The van der Waals surface area contributed by atoms with Crippen LogP contribution in [0, 0.1) is 0 Å². The first kappa shape index (κ1) is 20.6. The standard InChI is InChI=1S/C19H27BBrFO3/c1-6-11-23-12-10-16(14-8-7-9-15(21)13-14)17(22)20-24-18(2,3)19(4,5)25-20/h7-9,13H,6,10-12H2,1-5H3. The maximum atomic E-state index is 15.3. The molecule has 1 aliphatic rings. The molecule has 1 fully saturated rings. The van der Waals surface area contributed by atoms with Crippen molar-refractivity contribution in [1.29, 1.82) is 0 Å². The van der Waals surface area contributed by atoms with Crippen LogP contribution >= 0.6 is 15.9 Å². The third-order valence-electron chi connectivity index (χ3n) is 4.77. The van der Waals surface area contributed by atoms with Gasteiger partial charge >= 0.3 is 7.12 Å². The highest BCUT2D eigenvalue weighted by Crippen LogP contribution is 2.40. The molecule has 1 aliphatic heterocycles. The summed E-state index contributed by atoms with van der Waals surface area (Å²) in [5, 5.41) is 0. The Balaban J connectivity index is 2.31. The summed E-state index contributed by atoms with van der Waals surface area (Å²) in [5.74, 6) is 0. The van der Waals surface area contributed by atoms with Crippen LogP contribution in [0.3, 0.4) is 0 Å². The van der Waals surface area contributed by atoms with E-state index in [0.717, 1.165) is 16.5 Å². The molecule has 0 aromatic heterocycles. The van der Waals surface area contributed by atoms with Crippen molar-refractivity contribution in [3.63, 3.8) is 0 Å². The third-order valence-corrected chi connectivity index (χ3v) is 5.26. The summed E-state index contributed by atoms with van der Waals surface area (Å²) in [6, 6.07) is 7.61. The van der Waals surface area contributed by atoms with Crippen LogP contribution < -0.4 is 0 Å². The van der Waals surface area contributed by atoms with Gasteiger partial charge in [0.25, 0.3) is 0 Å². The van der Waals surface area contributed by atoms with E-state index in [4.69, 9.17) is 14.0 Å². The second-order valence-electron chi connectivity index (χ2n) is 7.29. The molecule has 0 atom stereocenters. The Morgan fingerprint density at radius 1 is 1.16 bits per heavy atom. The average molecular weight is 413 g/mol. The van der Waals surface area contributed by atoms with Gasteiger partial charge in [-0.3, -0.25) is 0 Å². The predicted molar refractivity (Wildman–Crippen MR) is 104 cm³/mol. The first-order valence-corrected chi connectivity index (χ1v) is 9.55. The lowest BCUT2D eigenvalue weighted by Gasteiger charge is -2.32. The molecule has 25 heavy (non-hydrogen) atoms. The largest absolute Gasteiger partial charge is 0.525 e. The summed E-state index contributed by atoms with van der Waals surface area (Å²) in [4.78, 5) is 0. The molecule has 0 radical (unpaired) electrons. The number of hydrogen-bond acceptors (Lipinski definition) is 3. The molecule has 1 aromatic rings. The van der Waals surface area contributed by atoms with E-state index < -0.39 is 18.3 Å². The SMILES string of the molecule is CCCOCCC(=C(F)B1OC(C)(C)C(C)(C)O1)c1cccc(Br)c1. The Morgan fingerprint density at radius 3 is 2.36 bits per heavy atom. The maximum Gasteiger partial charge on any atom is 0.525 e. The molecule has 1 heterocycles. The minimum atomic E-state index is -0.995. The molecule has 0 aliphatic carbocycles. The van der Waals surface area contributed by atoms with Crippen LogP contribution in [0.15, 0.2) is 34.5 Å². The molecule has 0 spiro atoms. The van der Waals surface area contributed by atoms with Gasteiger partial charge in [-0.1, -0.05) is 35.0 Å². The Kier molecular flexibility index (Phi) is 6.88. The van der Waals surface area contributed by atoms with Gasteiger partial charge in [-0.2, -0.15) is 0 Å². The molecule has 0 unspecified atom stereocenters. The van der Waals surface area contributed by atoms with Crippen LogP contribution in [-0.2, 0) is 14.0 Å². The highest BCUT2D eigenvalue weighted by molar-refractivity contribution is 9.10. The average Bonchev–Trinajstić information content (AvgIpc) is 2.75. The van der Waals surface area contributed by atoms with E-state index in [1.54, 1.807) is 0 Å². The number of benzene rings is 1. The lowest BCUT2D eigenvalue weighted by atomic mass is 9.82. The van der Waals surface area contributed by atoms with Crippen molar-refractivity contribution in [3.8, 4) is 0 Å². The van der Waals surface area contributed by atoms with Gasteiger partial charge in [0.15, 0.2) is 0 Å². The van der Waals surface area contributed by atoms with Crippen molar-refractivity contribution in [1.82, 2.24) is 0 Å². The van der Waals surface area contributed by atoms with Gasteiger partial charge in [0.05, 0.1) is 17.8 Å². The van der Waals surface area contributed by atoms with Crippen LogP contribution in [0.4, 0.5) is 4.39 Å². The number of rotatable bonds is 7. The summed E-state index contributed by atoms with van der Waals surface area (Å²) in [6.07, 6.45) is 1.40. The number of ether oxygens (including phenoxy) is 1. The van der Waals surface area contributed by atoms with Crippen molar-refractivity contribution < 1.29 is 18.4 Å². The van der Waals surface area contributed by atoms with E-state index in [1.165, 1.54) is 0 Å². The Labute approximate surface area is 159 Å². The lowest BCUT2D eigenvalue weighted by Crippen LogP contribution is -2.41. The minimum absolute atomic E-state index is 0.378. The third kappa shape index (κ3) is 4.94. The lowest BCUT2D eigenvalue weighted by molar-refractivity contribution is 0.00578. The fourth-order valence-corrected chi connectivity index (χ4v) is 2.99. The highest BCUT2D eigenvalue weighted by Gasteiger charge is 2.53. The second-order valence-corrected chi connectivity index (χ2v) is 8.20. The molecular formula is C19H27BBrFO3.